The van der Waals surface area contributed by atoms with Crippen molar-refractivity contribution < 1.29 is 5.11 Å². The number of benzene rings is 1. The normalized spacial score (nSPS) is 12.8. The molecule has 1 N–H and O–H groups in total. The minimum Gasteiger partial charge on any atom is -0.383 e. The molecule has 0 radical (unpaired) electrons. The van der Waals surface area contributed by atoms with Crippen molar-refractivity contribution in [1.82, 2.24) is 0 Å². The molecule has 2 rings (SSSR count). The van der Waals surface area contributed by atoms with Gasteiger partial charge in [-0.3, -0.25) is 0 Å². The summed E-state index contributed by atoms with van der Waals surface area (Å²) in [6.45, 7) is 0. The molecule has 90 valence electrons. The van der Waals surface area contributed by atoms with Crippen LogP contribution in [-0.4, -0.2) is 5.11 Å². The number of hydrogen-bond acceptors (Lipinski definition) is 2. The predicted octanol–water partition coefficient (Wildman–Crippen LogP) is 5.44. The number of thiophene rings is 1. The van der Waals surface area contributed by atoms with E-state index in [0.29, 0.717) is 29.8 Å². The first-order chi connectivity index (χ1) is 8.00. The average molecular weight is 328 g/mol. The van der Waals surface area contributed by atoms with E-state index in [4.69, 9.17) is 46.4 Å². The molecule has 1 unspecified atom stereocenters. The molecule has 0 aliphatic carbocycles. The Bertz CT molecular complexity index is 532. The van der Waals surface area contributed by atoms with E-state index in [-0.39, 0.29) is 0 Å². The minimum atomic E-state index is -0.979. The van der Waals surface area contributed by atoms with Crippen LogP contribution in [0.5, 0.6) is 0 Å². The zero-order valence-electron chi connectivity index (χ0n) is 8.25. The summed E-state index contributed by atoms with van der Waals surface area (Å²) in [6.07, 6.45) is -0.979. The molecule has 2 aromatic rings. The van der Waals surface area contributed by atoms with Gasteiger partial charge in [0.15, 0.2) is 0 Å². The summed E-state index contributed by atoms with van der Waals surface area (Å²) in [5.41, 5.74) is 0.948. The second-order valence-electron chi connectivity index (χ2n) is 3.32. The Balaban J connectivity index is 2.51. The van der Waals surface area contributed by atoms with Crippen LogP contribution in [0.15, 0.2) is 24.3 Å². The van der Waals surface area contributed by atoms with Gasteiger partial charge in [-0.25, -0.2) is 0 Å². The van der Waals surface area contributed by atoms with Crippen LogP contribution in [0.3, 0.4) is 0 Å². The highest BCUT2D eigenvalue weighted by atomic mass is 35.5. The molecule has 1 atom stereocenters. The van der Waals surface area contributed by atoms with Gasteiger partial charge in [0.05, 0.1) is 4.34 Å². The monoisotopic (exact) mass is 326 g/mol. The van der Waals surface area contributed by atoms with Gasteiger partial charge < -0.3 is 5.11 Å². The summed E-state index contributed by atoms with van der Waals surface area (Å²) in [4.78, 5) is 0. The van der Waals surface area contributed by atoms with E-state index in [2.05, 4.69) is 0 Å². The van der Waals surface area contributed by atoms with Crippen molar-refractivity contribution in [2.24, 2.45) is 0 Å². The largest absolute Gasteiger partial charge is 0.383 e. The Morgan fingerprint density at radius 2 is 1.65 bits per heavy atom. The van der Waals surface area contributed by atoms with Gasteiger partial charge in [-0.1, -0.05) is 52.5 Å². The molecule has 0 bridgehead atoms. The van der Waals surface area contributed by atoms with Gasteiger partial charge in [0.25, 0.3) is 0 Å². The van der Waals surface area contributed by atoms with Crippen molar-refractivity contribution in [2.45, 2.75) is 6.10 Å². The van der Waals surface area contributed by atoms with Crippen LogP contribution < -0.4 is 0 Å². The molecule has 0 spiro atoms. The topological polar surface area (TPSA) is 20.2 Å². The van der Waals surface area contributed by atoms with E-state index in [1.807, 2.05) is 0 Å². The highest BCUT2D eigenvalue weighted by molar-refractivity contribution is 7.20. The number of rotatable bonds is 2. The smallest absolute Gasteiger partial charge is 0.109 e. The van der Waals surface area contributed by atoms with Crippen molar-refractivity contribution in [3.63, 3.8) is 0 Å². The van der Waals surface area contributed by atoms with Crippen LogP contribution in [0, 0.1) is 0 Å². The Labute approximate surface area is 123 Å². The fraction of sp³-hybridized carbons (Fsp3) is 0.0909. The van der Waals surface area contributed by atoms with Crippen molar-refractivity contribution in [1.29, 1.82) is 0 Å². The van der Waals surface area contributed by atoms with Crippen LogP contribution in [-0.2, 0) is 0 Å². The number of halogens is 4. The van der Waals surface area contributed by atoms with Gasteiger partial charge in [0.1, 0.15) is 10.4 Å². The SMILES string of the molecule is OC(c1cc(Cl)sc1Cl)c1c(Cl)cccc1Cl. The number of aliphatic hydroxyl groups is 1. The zero-order valence-corrected chi connectivity index (χ0v) is 12.1. The van der Waals surface area contributed by atoms with E-state index in [9.17, 15) is 5.11 Å². The fourth-order valence-corrected chi connectivity index (χ4v) is 3.59. The Morgan fingerprint density at radius 1 is 1.06 bits per heavy atom. The first-order valence-corrected chi connectivity index (χ1v) is 6.90. The summed E-state index contributed by atoms with van der Waals surface area (Å²) >= 11 is 25.0. The lowest BCUT2D eigenvalue weighted by atomic mass is 10.0. The van der Waals surface area contributed by atoms with E-state index < -0.39 is 6.10 Å². The summed E-state index contributed by atoms with van der Waals surface area (Å²) in [5.74, 6) is 0. The Morgan fingerprint density at radius 3 is 2.12 bits per heavy atom. The molecule has 6 heteroatoms. The third kappa shape index (κ3) is 2.73. The van der Waals surface area contributed by atoms with Crippen molar-refractivity contribution in [3.05, 3.63) is 54.1 Å². The molecule has 0 aliphatic heterocycles. The highest BCUT2D eigenvalue weighted by Crippen LogP contribution is 2.41. The van der Waals surface area contributed by atoms with Gasteiger partial charge in [0, 0.05) is 21.2 Å². The van der Waals surface area contributed by atoms with Crippen LogP contribution in [0.1, 0.15) is 17.2 Å². The molecule has 1 heterocycles. The first kappa shape index (κ1) is 13.5. The van der Waals surface area contributed by atoms with E-state index in [0.717, 1.165) is 0 Å². The molecular weight excluding hydrogens is 322 g/mol. The maximum Gasteiger partial charge on any atom is 0.109 e. The van der Waals surface area contributed by atoms with Crippen LogP contribution in [0.25, 0.3) is 0 Å². The van der Waals surface area contributed by atoms with Crippen LogP contribution in [0.4, 0.5) is 0 Å². The lowest BCUT2D eigenvalue weighted by Gasteiger charge is -2.13. The molecule has 1 aromatic heterocycles. The molecule has 0 aliphatic rings. The van der Waals surface area contributed by atoms with Gasteiger partial charge in [-0.2, -0.15) is 0 Å². The molecule has 0 fully saturated rings. The number of hydrogen-bond donors (Lipinski definition) is 1. The zero-order chi connectivity index (χ0) is 12.6. The van der Waals surface area contributed by atoms with E-state index >= 15 is 0 Å². The lowest BCUT2D eigenvalue weighted by molar-refractivity contribution is 0.221. The fourth-order valence-electron chi connectivity index (χ4n) is 1.47. The molecule has 17 heavy (non-hydrogen) atoms. The van der Waals surface area contributed by atoms with Gasteiger partial charge in [-0.05, 0) is 18.2 Å². The van der Waals surface area contributed by atoms with Crippen LogP contribution >= 0.6 is 57.7 Å². The summed E-state index contributed by atoms with van der Waals surface area (Å²) in [6, 6.07) is 6.64. The van der Waals surface area contributed by atoms with Gasteiger partial charge in [-0.15, -0.1) is 11.3 Å². The van der Waals surface area contributed by atoms with E-state index in [1.165, 1.54) is 11.3 Å². The quantitative estimate of drug-likeness (QED) is 0.778. The Hall–Kier alpha value is 0.0400. The third-order valence-electron chi connectivity index (χ3n) is 2.25. The highest BCUT2D eigenvalue weighted by Gasteiger charge is 2.21. The maximum atomic E-state index is 10.2. The second-order valence-corrected chi connectivity index (χ2v) is 6.42. The van der Waals surface area contributed by atoms with E-state index in [1.54, 1.807) is 24.3 Å². The van der Waals surface area contributed by atoms with Crippen molar-refractivity contribution >= 4 is 57.7 Å². The molecule has 1 nitrogen and oxygen atoms in total. The van der Waals surface area contributed by atoms with Crippen molar-refractivity contribution in [3.8, 4) is 0 Å². The van der Waals surface area contributed by atoms with Gasteiger partial charge in [0.2, 0.25) is 0 Å². The molecule has 0 amide bonds. The standard InChI is InChI=1S/C11H6Cl4OS/c12-6-2-1-3-7(13)9(6)10(16)5-4-8(14)17-11(5)15/h1-4,10,16H. The number of aliphatic hydroxyl groups excluding tert-OH is 1. The summed E-state index contributed by atoms with van der Waals surface area (Å²) in [7, 11) is 0. The lowest BCUT2D eigenvalue weighted by Crippen LogP contribution is -2.00. The summed E-state index contributed by atoms with van der Waals surface area (Å²) < 4.78 is 0.936. The van der Waals surface area contributed by atoms with Gasteiger partial charge >= 0.3 is 0 Å². The summed E-state index contributed by atoms with van der Waals surface area (Å²) in [5, 5.41) is 11.0. The van der Waals surface area contributed by atoms with Crippen LogP contribution in [0.2, 0.25) is 18.7 Å². The Kier molecular flexibility index (Phi) is 4.24. The predicted molar refractivity (Wildman–Crippen MR) is 74.9 cm³/mol. The minimum absolute atomic E-state index is 0.392. The first-order valence-electron chi connectivity index (χ1n) is 4.57. The second kappa shape index (κ2) is 5.35. The molecule has 1 aromatic carbocycles. The molecule has 0 saturated carbocycles. The third-order valence-corrected chi connectivity index (χ3v) is 4.43. The maximum absolute atomic E-state index is 10.2. The molecular formula is C11H6Cl4OS. The average Bonchev–Trinajstić information content (AvgIpc) is 2.57. The van der Waals surface area contributed by atoms with Crippen molar-refractivity contribution in [2.75, 3.05) is 0 Å². The molecule has 0 saturated heterocycles.